The third kappa shape index (κ3) is 2.65. The summed E-state index contributed by atoms with van der Waals surface area (Å²) in [4.78, 5) is 30.5. The molecule has 2 aromatic heterocycles. The van der Waals surface area contributed by atoms with Crippen LogP contribution in [-0.2, 0) is 18.4 Å². The van der Waals surface area contributed by atoms with Crippen molar-refractivity contribution < 1.29 is 4.79 Å². The number of imidazole rings is 1. The zero-order valence-electron chi connectivity index (χ0n) is 13.8. The van der Waals surface area contributed by atoms with Gasteiger partial charge in [-0.15, -0.1) is 0 Å². The van der Waals surface area contributed by atoms with Crippen molar-refractivity contribution in [1.82, 2.24) is 29.2 Å². The highest BCUT2D eigenvalue weighted by Gasteiger charge is 2.47. The van der Waals surface area contributed by atoms with E-state index in [-0.39, 0.29) is 17.6 Å². The van der Waals surface area contributed by atoms with E-state index in [1.807, 2.05) is 15.7 Å². The van der Waals surface area contributed by atoms with E-state index < -0.39 is 0 Å². The van der Waals surface area contributed by atoms with Crippen LogP contribution in [0.4, 0.5) is 0 Å². The van der Waals surface area contributed by atoms with Gasteiger partial charge in [-0.05, 0) is 31.1 Å². The summed E-state index contributed by atoms with van der Waals surface area (Å²) in [7, 11) is 1.72. The minimum atomic E-state index is -0.225. The van der Waals surface area contributed by atoms with Gasteiger partial charge >= 0.3 is 5.69 Å². The van der Waals surface area contributed by atoms with Crippen LogP contribution in [0.1, 0.15) is 37.5 Å². The number of rotatable bonds is 5. The molecule has 2 unspecified atom stereocenters. The number of carbonyl (C=O) groups is 1. The maximum Gasteiger partial charge on any atom is 0.343 e. The van der Waals surface area contributed by atoms with Crippen LogP contribution in [0.5, 0.6) is 0 Å². The van der Waals surface area contributed by atoms with Crippen molar-refractivity contribution in [3.8, 4) is 0 Å². The van der Waals surface area contributed by atoms with E-state index in [9.17, 15) is 9.59 Å². The Kier molecular flexibility index (Phi) is 3.74. The van der Waals surface area contributed by atoms with Crippen LogP contribution in [-0.4, -0.2) is 41.7 Å². The quantitative estimate of drug-likeness (QED) is 0.874. The number of hydrogen-bond donors (Lipinski definition) is 1. The van der Waals surface area contributed by atoms with Gasteiger partial charge in [0.15, 0.2) is 5.82 Å². The first-order valence-electron chi connectivity index (χ1n) is 8.51. The van der Waals surface area contributed by atoms with E-state index in [1.165, 1.54) is 12.8 Å². The largest absolute Gasteiger partial charge is 0.343 e. The van der Waals surface area contributed by atoms with Crippen molar-refractivity contribution in [2.24, 2.45) is 18.9 Å². The van der Waals surface area contributed by atoms with Gasteiger partial charge in [-0.25, -0.2) is 14.9 Å². The lowest BCUT2D eigenvalue weighted by Gasteiger charge is -2.27. The first kappa shape index (κ1) is 15.2. The highest BCUT2D eigenvalue weighted by molar-refractivity contribution is 5.77. The fourth-order valence-corrected chi connectivity index (χ4v) is 3.86. The molecule has 8 heteroatoms. The van der Waals surface area contributed by atoms with E-state index in [4.69, 9.17) is 0 Å². The summed E-state index contributed by atoms with van der Waals surface area (Å²) < 4.78 is 3.45. The zero-order chi connectivity index (χ0) is 16.7. The molecule has 1 saturated heterocycles. The molecular weight excluding hydrogens is 308 g/mol. The molecule has 0 aromatic carbocycles. The molecule has 2 fully saturated rings. The molecule has 8 nitrogen and oxygen atoms in total. The second-order valence-corrected chi connectivity index (χ2v) is 6.82. The molecule has 2 aromatic rings. The number of likely N-dealkylation sites (tertiary alicyclic amines) is 1. The topological polar surface area (TPSA) is 88.8 Å². The lowest BCUT2D eigenvalue weighted by Crippen LogP contribution is -2.35. The Morgan fingerprint density at radius 3 is 2.83 bits per heavy atom. The van der Waals surface area contributed by atoms with Crippen molar-refractivity contribution in [3.63, 3.8) is 0 Å². The first-order chi connectivity index (χ1) is 11.6. The summed E-state index contributed by atoms with van der Waals surface area (Å²) >= 11 is 0. The predicted molar refractivity (Wildman–Crippen MR) is 86.0 cm³/mol. The van der Waals surface area contributed by atoms with Crippen molar-refractivity contribution >= 4 is 5.91 Å². The number of aryl methyl sites for hydroxylation is 1. The average molecular weight is 330 g/mol. The van der Waals surface area contributed by atoms with Gasteiger partial charge in [0, 0.05) is 39.0 Å². The monoisotopic (exact) mass is 330 g/mol. The SMILES string of the molecule is Cn1c(C2C(C3CC3)CCN2C(=O)CCn2ccnc2)n[nH]c1=O. The van der Waals surface area contributed by atoms with Gasteiger partial charge in [-0.2, -0.15) is 5.10 Å². The Labute approximate surface area is 139 Å². The highest BCUT2D eigenvalue weighted by atomic mass is 16.2. The van der Waals surface area contributed by atoms with Crippen molar-refractivity contribution in [2.45, 2.75) is 38.3 Å². The summed E-state index contributed by atoms with van der Waals surface area (Å²) in [6.45, 7) is 1.37. The number of aromatic nitrogens is 5. The lowest BCUT2D eigenvalue weighted by molar-refractivity contribution is -0.133. The van der Waals surface area contributed by atoms with E-state index in [1.54, 1.807) is 24.1 Å². The average Bonchev–Trinajstić information content (AvgIpc) is 2.98. The summed E-state index contributed by atoms with van der Waals surface area (Å²) in [5.41, 5.74) is -0.225. The standard InChI is InChI=1S/C16H22N6O2/c1-20-15(18-19-16(20)24)14-12(11-2-3-11)4-8-22(14)13(23)5-7-21-9-6-17-10-21/h6,9-12,14H,2-5,7-8H2,1H3,(H,19,24). The van der Waals surface area contributed by atoms with E-state index in [0.717, 1.165) is 13.0 Å². The first-order valence-corrected chi connectivity index (χ1v) is 8.51. The van der Waals surface area contributed by atoms with E-state index in [0.29, 0.717) is 30.6 Å². The Morgan fingerprint density at radius 2 is 2.21 bits per heavy atom. The summed E-state index contributed by atoms with van der Waals surface area (Å²) in [5, 5.41) is 6.73. The molecule has 2 atom stereocenters. The molecule has 1 saturated carbocycles. The molecule has 3 heterocycles. The van der Waals surface area contributed by atoms with Crippen LogP contribution in [0.3, 0.4) is 0 Å². The van der Waals surface area contributed by atoms with Crippen LogP contribution < -0.4 is 5.69 Å². The van der Waals surface area contributed by atoms with Crippen LogP contribution in [0.25, 0.3) is 0 Å². The van der Waals surface area contributed by atoms with Gasteiger partial charge in [0.25, 0.3) is 0 Å². The smallest absolute Gasteiger partial charge is 0.337 e. The maximum atomic E-state index is 12.8. The fourth-order valence-electron chi connectivity index (χ4n) is 3.86. The molecule has 0 radical (unpaired) electrons. The maximum absolute atomic E-state index is 12.8. The minimum absolute atomic E-state index is 0.0864. The molecule has 4 rings (SSSR count). The third-order valence-corrected chi connectivity index (χ3v) is 5.31. The number of H-pyrrole nitrogens is 1. The molecule has 128 valence electrons. The molecule has 0 spiro atoms. The number of nitrogens with one attached hydrogen (secondary N) is 1. The predicted octanol–water partition coefficient (Wildman–Crippen LogP) is 0.695. The number of aromatic amines is 1. The van der Waals surface area contributed by atoms with Gasteiger partial charge in [0.1, 0.15) is 0 Å². The fraction of sp³-hybridized carbons (Fsp3) is 0.625. The molecule has 1 N–H and O–H groups in total. The zero-order valence-corrected chi connectivity index (χ0v) is 13.8. The Morgan fingerprint density at radius 1 is 1.38 bits per heavy atom. The Bertz CT molecular complexity index is 773. The van der Waals surface area contributed by atoms with Crippen LogP contribution >= 0.6 is 0 Å². The summed E-state index contributed by atoms with van der Waals surface area (Å²) in [6.07, 6.45) is 9.16. The van der Waals surface area contributed by atoms with Gasteiger partial charge in [0.05, 0.1) is 12.4 Å². The Balaban J connectivity index is 1.55. The molecule has 24 heavy (non-hydrogen) atoms. The Hall–Kier alpha value is -2.38. The van der Waals surface area contributed by atoms with Crippen molar-refractivity contribution in [2.75, 3.05) is 6.54 Å². The second kappa shape index (κ2) is 5.92. The lowest BCUT2D eigenvalue weighted by atomic mass is 9.94. The summed E-state index contributed by atoms with van der Waals surface area (Å²) in [6, 6.07) is -0.0864. The number of amides is 1. The van der Waals surface area contributed by atoms with Crippen molar-refractivity contribution in [1.29, 1.82) is 0 Å². The minimum Gasteiger partial charge on any atom is -0.337 e. The molecule has 2 aliphatic rings. The number of hydrogen-bond acceptors (Lipinski definition) is 4. The number of nitrogens with zero attached hydrogens (tertiary/aromatic N) is 5. The second-order valence-electron chi connectivity index (χ2n) is 6.82. The van der Waals surface area contributed by atoms with Gasteiger partial charge in [-0.1, -0.05) is 0 Å². The molecule has 1 aliphatic heterocycles. The van der Waals surface area contributed by atoms with Crippen LogP contribution in [0, 0.1) is 11.8 Å². The van der Waals surface area contributed by atoms with Crippen molar-refractivity contribution in [3.05, 3.63) is 35.0 Å². The van der Waals surface area contributed by atoms with Crippen LogP contribution in [0.15, 0.2) is 23.5 Å². The van der Waals surface area contributed by atoms with Gasteiger partial charge in [0.2, 0.25) is 5.91 Å². The third-order valence-electron chi connectivity index (χ3n) is 5.31. The van der Waals surface area contributed by atoms with E-state index in [2.05, 4.69) is 15.2 Å². The molecule has 0 bridgehead atoms. The summed E-state index contributed by atoms with van der Waals surface area (Å²) in [5.74, 6) is 1.88. The van der Waals surface area contributed by atoms with Crippen LogP contribution in [0.2, 0.25) is 0 Å². The molecule has 1 aliphatic carbocycles. The molecular formula is C16H22N6O2. The number of carbonyl (C=O) groups excluding carboxylic acids is 1. The van der Waals surface area contributed by atoms with Gasteiger partial charge in [-0.3, -0.25) is 9.36 Å². The normalized spacial score (nSPS) is 23.8. The van der Waals surface area contributed by atoms with E-state index >= 15 is 0 Å². The molecule has 1 amide bonds. The van der Waals surface area contributed by atoms with Gasteiger partial charge < -0.3 is 9.47 Å². The highest BCUT2D eigenvalue weighted by Crippen LogP contribution is 2.49.